The van der Waals surface area contributed by atoms with Crippen LogP contribution in [0.1, 0.15) is 16.7 Å². The Bertz CT molecular complexity index is 902. The molecule has 0 saturated heterocycles. The highest BCUT2D eigenvalue weighted by Gasteiger charge is 2.27. The van der Waals surface area contributed by atoms with E-state index in [4.69, 9.17) is 4.74 Å². The lowest BCUT2D eigenvalue weighted by Crippen LogP contribution is -2.43. The monoisotopic (exact) mass is 355 g/mol. The summed E-state index contributed by atoms with van der Waals surface area (Å²) in [5, 5.41) is 0. The van der Waals surface area contributed by atoms with Crippen LogP contribution in [0.5, 0.6) is 0 Å². The third kappa shape index (κ3) is 4.06. The van der Waals surface area contributed by atoms with Crippen molar-refractivity contribution in [3.05, 3.63) is 114 Å². The highest BCUT2D eigenvalue weighted by Crippen LogP contribution is 2.29. The number of aryl methyl sites for hydroxylation is 1. The smallest absolute Gasteiger partial charge is 0.108 e. The Morgan fingerprint density at radius 3 is 2.26 bits per heavy atom. The highest BCUT2D eigenvalue weighted by atomic mass is 16.5. The van der Waals surface area contributed by atoms with Gasteiger partial charge in [-0.05, 0) is 42.2 Å². The van der Waals surface area contributed by atoms with Crippen molar-refractivity contribution in [3.63, 3.8) is 0 Å². The van der Waals surface area contributed by atoms with Crippen molar-refractivity contribution in [2.24, 2.45) is 0 Å². The van der Waals surface area contributed by atoms with Gasteiger partial charge in [0, 0.05) is 12.1 Å². The van der Waals surface area contributed by atoms with Crippen LogP contribution in [0.4, 0.5) is 5.69 Å². The predicted octanol–water partition coefficient (Wildman–Crippen LogP) is 5.53. The number of anilines is 1. The molecule has 0 amide bonds. The molecule has 4 rings (SSSR count). The van der Waals surface area contributed by atoms with Gasteiger partial charge in [0.1, 0.15) is 12.9 Å². The maximum absolute atomic E-state index is 5.93. The van der Waals surface area contributed by atoms with E-state index in [1.165, 1.54) is 28.1 Å². The molecule has 1 atom stereocenters. The molecule has 1 heterocycles. The van der Waals surface area contributed by atoms with Crippen LogP contribution in [0.2, 0.25) is 0 Å². The summed E-state index contributed by atoms with van der Waals surface area (Å²) in [7, 11) is 0. The van der Waals surface area contributed by atoms with Gasteiger partial charge < -0.3 is 9.64 Å². The van der Waals surface area contributed by atoms with Gasteiger partial charge in [-0.15, -0.1) is 0 Å². The normalized spacial score (nSPS) is 16.6. The predicted molar refractivity (Wildman–Crippen MR) is 112 cm³/mol. The molecule has 0 bridgehead atoms. The average molecular weight is 355 g/mol. The van der Waals surface area contributed by atoms with Gasteiger partial charge in [0.25, 0.3) is 0 Å². The molecule has 136 valence electrons. The largest absolute Gasteiger partial charge is 0.497 e. The molecule has 0 unspecified atom stereocenters. The van der Waals surface area contributed by atoms with Gasteiger partial charge in [-0.2, -0.15) is 0 Å². The van der Waals surface area contributed by atoms with E-state index in [2.05, 4.69) is 96.8 Å². The number of hydrogen-bond donors (Lipinski definition) is 0. The number of ether oxygens (including phenoxy) is 1. The van der Waals surface area contributed by atoms with Crippen LogP contribution in [-0.2, 0) is 17.6 Å². The topological polar surface area (TPSA) is 12.5 Å². The minimum atomic E-state index is 0.277. The van der Waals surface area contributed by atoms with Gasteiger partial charge in [-0.1, -0.05) is 72.8 Å². The number of rotatable bonds is 5. The summed E-state index contributed by atoms with van der Waals surface area (Å²) in [6.07, 6.45) is 3.77. The molecule has 0 fully saturated rings. The van der Waals surface area contributed by atoms with Gasteiger partial charge in [0.15, 0.2) is 0 Å². The average Bonchev–Trinajstić information content (AvgIpc) is 2.71. The van der Waals surface area contributed by atoms with E-state index in [1.54, 1.807) is 0 Å². The van der Waals surface area contributed by atoms with Crippen LogP contribution >= 0.6 is 0 Å². The fraction of sp³-hybridized carbons (Fsp3) is 0.200. The molecule has 0 aromatic heterocycles. The lowest BCUT2D eigenvalue weighted by molar-refractivity contribution is 0.202. The van der Waals surface area contributed by atoms with E-state index in [-0.39, 0.29) is 6.04 Å². The maximum Gasteiger partial charge on any atom is 0.108 e. The Labute approximate surface area is 161 Å². The second kappa shape index (κ2) is 8.13. The van der Waals surface area contributed by atoms with E-state index in [0.717, 1.165) is 12.8 Å². The number of para-hydroxylation sites is 1. The minimum Gasteiger partial charge on any atom is -0.497 e. The third-order valence-corrected chi connectivity index (χ3v) is 5.16. The van der Waals surface area contributed by atoms with Crippen LogP contribution in [-0.4, -0.2) is 12.6 Å². The minimum absolute atomic E-state index is 0.277. The Kier molecular flexibility index (Phi) is 5.24. The summed E-state index contributed by atoms with van der Waals surface area (Å²) in [6.45, 7) is 2.87. The first-order valence-electron chi connectivity index (χ1n) is 9.54. The number of benzene rings is 3. The molecule has 27 heavy (non-hydrogen) atoms. The zero-order chi connectivity index (χ0) is 18.5. The summed E-state index contributed by atoms with van der Waals surface area (Å²) in [6, 6.07) is 30.2. The molecule has 2 nitrogen and oxygen atoms in total. The Morgan fingerprint density at radius 1 is 0.852 bits per heavy atom. The standard InChI is InChI=1S/C25H25NO/c1-20-10-8-9-13-22(20)17-25-19-27-18-24(16-21-11-4-2-5-12-21)26(25)23-14-6-3-7-15-23/h2-15,19,24H,16-18H2,1H3/t24-/m0/s1. The molecular weight excluding hydrogens is 330 g/mol. The second-order valence-electron chi connectivity index (χ2n) is 7.09. The van der Waals surface area contributed by atoms with E-state index in [9.17, 15) is 0 Å². The van der Waals surface area contributed by atoms with Crippen LogP contribution < -0.4 is 4.90 Å². The van der Waals surface area contributed by atoms with Crippen molar-refractivity contribution in [3.8, 4) is 0 Å². The Balaban J connectivity index is 1.66. The van der Waals surface area contributed by atoms with Gasteiger partial charge in [0.05, 0.1) is 11.7 Å². The van der Waals surface area contributed by atoms with Crippen LogP contribution in [0.3, 0.4) is 0 Å². The lowest BCUT2D eigenvalue weighted by atomic mass is 9.99. The molecule has 1 aliphatic rings. The van der Waals surface area contributed by atoms with Crippen molar-refractivity contribution >= 4 is 5.69 Å². The van der Waals surface area contributed by atoms with E-state index in [0.29, 0.717) is 6.61 Å². The molecule has 0 radical (unpaired) electrons. The molecule has 2 heteroatoms. The van der Waals surface area contributed by atoms with Gasteiger partial charge in [0.2, 0.25) is 0 Å². The van der Waals surface area contributed by atoms with Gasteiger partial charge >= 0.3 is 0 Å². The van der Waals surface area contributed by atoms with Gasteiger partial charge in [-0.25, -0.2) is 0 Å². The fourth-order valence-corrected chi connectivity index (χ4v) is 3.75. The number of allylic oxidation sites excluding steroid dienone is 1. The summed E-state index contributed by atoms with van der Waals surface area (Å²) in [5.41, 5.74) is 6.43. The number of hydrogen-bond acceptors (Lipinski definition) is 2. The zero-order valence-electron chi connectivity index (χ0n) is 15.7. The molecule has 0 N–H and O–H groups in total. The van der Waals surface area contributed by atoms with Crippen molar-refractivity contribution in [2.45, 2.75) is 25.8 Å². The molecule has 0 saturated carbocycles. The van der Waals surface area contributed by atoms with E-state index < -0.39 is 0 Å². The Morgan fingerprint density at radius 2 is 1.52 bits per heavy atom. The molecular formula is C25H25NO. The maximum atomic E-state index is 5.93. The van der Waals surface area contributed by atoms with Crippen molar-refractivity contribution < 1.29 is 4.74 Å². The summed E-state index contributed by atoms with van der Waals surface area (Å²) < 4.78 is 5.93. The highest BCUT2D eigenvalue weighted by molar-refractivity contribution is 5.55. The molecule has 0 spiro atoms. The second-order valence-corrected chi connectivity index (χ2v) is 7.09. The van der Waals surface area contributed by atoms with Crippen LogP contribution in [0.25, 0.3) is 0 Å². The SMILES string of the molecule is Cc1ccccc1CC1=COC[C@H](Cc2ccccc2)N1c1ccccc1. The summed E-state index contributed by atoms with van der Waals surface area (Å²) >= 11 is 0. The van der Waals surface area contributed by atoms with Crippen LogP contribution in [0, 0.1) is 6.92 Å². The first kappa shape index (κ1) is 17.4. The molecule has 3 aromatic rings. The fourth-order valence-electron chi connectivity index (χ4n) is 3.75. The molecule has 3 aromatic carbocycles. The Hall–Kier alpha value is -3.00. The summed E-state index contributed by atoms with van der Waals surface area (Å²) in [5.74, 6) is 0. The van der Waals surface area contributed by atoms with Crippen molar-refractivity contribution in [2.75, 3.05) is 11.5 Å². The first-order chi connectivity index (χ1) is 13.3. The van der Waals surface area contributed by atoms with E-state index in [1.807, 2.05) is 6.26 Å². The van der Waals surface area contributed by atoms with Crippen LogP contribution in [0.15, 0.2) is 96.9 Å². The number of nitrogens with zero attached hydrogens (tertiary/aromatic N) is 1. The molecule has 0 aliphatic carbocycles. The third-order valence-electron chi connectivity index (χ3n) is 5.16. The van der Waals surface area contributed by atoms with E-state index >= 15 is 0 Å². The quantitative estimate of drug-likeness (QED) is 0.597. The first-order valence-corrected chi connectivity index (χ1v) is 9.54. The summed E-state index contributed by atoms with van der Waals surface area (Å²) in [4.78, 5) is 2.46. The molecule has 1 aliphatic heterocycles. The lowest BCUT2D eigenvalue weighted by Gasteiger charge is -2.38. The zero-order valence-corrected chi connectivity index (χ0v) is 15.7. The van der Waals surface area contributed by atoms with Crippen molar-refractivity contribution in [1.82, 2.24) is 0 Å². The van der Waals surface area contributed by atoms with Crippen molar-refractivity contribution in [1.29, 1.82) is 0 Å². The van der Waals surface area contributed by atoms with Gasteiger partial charge in [-0.3, -0.25) is 0 Å².